The molecule has 2 aromatic carbocycles. The molecule has 0 atom stereocenters. The molecule has 0 fully saturated rings. The van der Waals surface area contributed by atoms with Crippen molar-refractivity contribution in [1.82, 2.24) is 0 Å². The highest BCUT2D eigenvalue weighted by molar-refractivity contribution is 5.91. The summed E-state index contributed by atoms with van der Waals surface area (Å²) < 4.78 is 0. The van der Waals surface area contributed by atoms with E-state index in [0.29, 0.717) is 5.56 Å². The summed E-state index contributed by atoms with van der Waals surface area (Å²) in [7, 11) is 0. The highest BCUT2D eigenvalue weighted by Gasteiger charge is 2.39. The molecule has 2 aromatic rings. The normalized spacial score (nSPS) is 18.3. The quantitative estimate of drug-likeness (QED) is 0.839. The molecular weight excluding hydrogens is 284 g/mol. The summed E-state index contributed by atoms with van der Waals surface area (Å²) in [5.41, 5.74) is 4.27. The zero-order chi connectivity index (χ0) is 16.8. The number of carbonyl (C=O) groups is 1. The highest BCUT2D eigenvalue weighted by atomic mass is 16.4. The number of carboxylic acid groups (broad SMARTS) is 1. The molecule has 0 aromatic heterocycles. The Balaban J connectivity index is 2.34. The zero-order valence-corrected chi connectivity index (χ0v) is 14.3. The minimum absolute atomic E-state index is 0.0279. The van der Waals surface area contributed by atoms with Gasteiger partial charge in [0, 0.05) is 5.56 Å². The topological polar surface area (TPSA) is 40.1 Å². The van der Waals surface area contributed by atoms with E-state index in [9.17, 15) is 9.90 Å². The number of fused-ring (bicyclic) bond motifs is 1. The van der Waals surface area contributed by atoms with E-state index in [-0.39, 0.29) is 10.8 Å². The molecule has 0 spiro atoms. The second-order valence-electron chi connectivity index (χ2n) is 7.87. The Bertz CT molecular complexity index is 755. The van der Waals surface area contributed by atoms with Crippen molar-refractivity contribution in [3.8, 4) is 11.1 Å². The molecule has 1 aliphatic carbocycles. The third-order valence-electron chi connectivity index (χ3n) is 5.25. The van der Waals surface area contributed by atoms with E-state index in [1.54, 1.807) is 6.07 Å². The molecule has 3 rings (SSSR count). The fourth-order valence-electron chi connectivity index (χ4n) is 3.75. The monoisotopic (exact) mass is 307 g/mol. The minimum Gasteiger partial charge on any atom is -0.545 e. The van der Waals surface area contributed by atoms with Crippen LogP contribution in [0, 0.1) is 0 Å². The Labute approximate surface area is 138 Å². The van der Waals surface area contributed by atoms with Crippen LogP contribution < -0.4 is 5.11 Å². The second kappa shape index (κ2) is 5.23. The SMILES string of the molecule is CC1(C)CCC(C)(C)c2c(C(=O)[O-])cc(-c3ccccc3)cc21. The van der Waals surface area contributed by atoms with E-state index >= 15 is 0 Å². The summed E-state index contributed by atoms with van der Waals surface area (Å²) >= 11 is 0. The van der Waals surface area contributed by atoms with E-state index in [0.717, 1.165) is 35.1 Å². The summed E-state index contributed by atoms with van der Waals surface area (Å²) in [5.74, 6) is -1.08. The lowest BCUT2D eigenvalue weighted by Gasteiger charge is -2.43. The number of hydrogen-bond acceptors (Lipinski definition) is 2. The third-order valence-corrected chi connectivity index (χ3v) is 5.25. The molecule has 0 bridgehead atoms. The molecule has 0 radical (unpaired) electrons. The van der Waals surface area contributed by atoms with Gasteiger partial charge in [-0.05, 0) is 52.0 Å². The van der Waals surface area contributed by atoms with Crippen molar-refractivity contribution < 1.29 is 9.90 Å². The van der Waals surface area contributed by atoms with Gasteiger partial charge in [0.1, 0.15) is 0 Å². The van der Waals surface area contributed by atoms with Crippen molar-refractivity contribution in [1.29, 1.82) is 0 Å². The molecule has 2 nitrogen and oxygen atoms in total. The van der Waals surface area contributed by atoms with Crippen molar-refractivity contribution in [3.05, 3.63) is 59.2 Å². The zero-order valence-electron chi connectivity index (χ0n) is 14.3. The lowest BCUT2D eigenvalue weighted by molar-refractivity contribution is -0.255. The maximum Gasteiger partial charge on any atom is 0.0718 e. The van der Waals surface area contributed by atoms with Crippen LogP contribution in [0.4, 0.5) is 0 Å². The first kappa shape index (κ1) is 15.8. The van der Waals surface area contributed by atoms with Gasteiger partial charge in [-0.25, -0.2) is 0 Å². The summed E-state index contributed by atoms with van der Waals surface area (Å²) in [6.07, 6.45) is 2.04. The van der Waals surface area contributed by atoms with Crippen molar-refractivity contribution in [2.75, 3.05) is 0 Å². The van der Waals surface area contributed by atoms with Gasteiger partial charge < -0.3 is 9.90 Å². The van der Waals surface area contributed by atoms with Crippen LogP contribution in [0.3, 0.4) is 0 Å². The fourth-order valence-corrected chi connectivity index (χ4v) is 3.75. The predicted molar refractivity (Wildman–Crippen MR) is 91.5 cm³/mol. The molecule has 0 N–H and O–H groups in total. The number of hydrogen-bond donors (Lipinski definition) is 0. The molecular formula is C21H23O2-. The van der Waals surface area contributed by atoms with E-state index in [1.165, 1.54) is 0 Å². The maximum absolute atomic E-state index is 11.8. The van der Waals surface area contributed by atoms with Crippen molar-refractivity contribution >= 4 is 5.97 Å². The molecule has 0 aliphatic heterocycles. The molecule has 1 aliphatic rings. The first-order chi connectivity index (χ1) is 10.7. The average Bonchev–Trinajstić information content (AvgIpc) is 2.52. The highest BCUT2D eigenvalue weighted by Crippen LogP contribution is 2.48. The van der Waals surface area contributed by atoms with Gasteiger partial charge >= 0.3 is 0 Å². The van der Waals surface area contributed by atoms with Gasteiger partial charge in [-0.15, -0.1) is 0 Å². The summed E-state index contributed by atoms with van der Waals surface area (Å²) in [6, 6.07) is 13.9. The van der Waals surface area contributed by atoms with Crippen LogP contribution in [-0.4, -0.2) is 5.97 Å². The van der Waals surface area contributed by atoms with Gasteiger partial charge in [-0.1, -0.05) is 64.1 Å². The average molecular weight is 307 g/mol. The summed E-state index contributed by atoms with van der Waals surface area (Å²) in [4.78, 5) is 11.8. The van der Waals surface area contributed by atoms with Crippen LogP contribution >= 0.6 is 0 Å². The van der Waals surface area contributed by atoms with Crippen LogP contribution in [0.15, 0.2) is 42.5 Å². The van der Waals surface area contributed by atoms with Gasteiger partial charge in [0.15, 0.2) is 0 Å². The molecule has 0 saturated heterocycles. The van der Waals surface area contributed by atoms with E-state index in [4.69, 9.17) is 0 Å². The largest absolute Gasteiger partial charge is 0.545 e. The number of aromatic carboxylic acids is 1. The maximum atomic E-state index is 11.8. The Morgan fingerprint density at radius 1 is 0.913 bits per heavy atom. The Morgan fingerprint density at radius 3 is 2.13 bits per heavy atom. The van der Waals surface area contributed by atoms with E-state index in [1.807, 2.05) is 30.3 Å². The van der Waals surface area contributed by atoms with Crippen LogP contribution in [0.25, 0.3) is 11.1 Å². The first-order valence-corrected chi connectivity index (χ1v) is 8.18. The van der Waals surface area contributed by atoms with Crippen molar-refractivity contribution in [3.63, 3.8) is 0 Å². The lowest BCUT2D eigenvalue weighted by Crippen LogP contribution is -2.37. The molecule has 120 valence electrons. The molecule has 0 saturated carbocycles. The Hall–Kier alpha value is -2.09. The number of carboxylic acids is 1. The number of rotatable bonds is 2. The third kappa shape index (κ3) is 2.67. The van der Waals surface area contributed by atoms with Gasteiger partial charge in [-0.2, -0.15) is 0 Å². The van der Waals surface area contributed by atoms with E-state index in [2.05, 4.69) is 33.8 Å². The van der Waals surface area contributed by atoms with Gasteiger partial charge in [0.2, 0.25) is 0 Å². The predicted octanol–water partition coefficient (Wildman–Crippen LogP) is 4.07. The molecule has 0 unspecified atom stereocenters. The standard InChI is InChI=1S/C21H24O2/c1-20(2)10-11-21(3,4)18-16(19(22)23)12-15(13-17(18)20)14-8-6-5-7-9-14/h5-9,12-13H,10-11H2,1-4H3,(H,22,23)/p-1. The Kier molecular flexibility index (Phi) is 3.59. The van der Waals surface area contributed by atoms with Crippen molar-refractivity contribution in [2.45, 2.75) is 51.4 Å². The van der Waals surface area contributed by atoms with Gasteiger partial charge in [-0.3, -0.25) is 0 Å². The first-order valence-electron chi connectivity index (χ1n) is 8.18. The molecule has 2 heteroatoms. The van der Waals surface area contributed by atoms with E-state index < -0.39 is 5.97 Å². The molecule has 0 heterocycles. The lowest BCUT2D eigenvalue weighted by atomic mass is 9.61. The van der Waals surface area contributed by atoms with Crippen LogP contribution in [0.2, 0.25) is 0 Å². The summed E-state index contributed by atoms with van der Waals surface area (Å²) in [6.45, 7) is 8.68. The molecule has 0 amide bonds. The Morgan fingerprint density at radius 2 is 1.52 bits per heavy atom. The van der Waals surface area contributed by atoms with Crippen LogP contribution in [-0.2, 0) is 10.8 Å². The number of benzene rings is 2. The number of carbonyl (C=O) groups excluding carboxylic acids is 1. The smallest absolute Gasteiger partial charge is 0.0718 e. The van der Waals surface area contributed by atoms with Crippen molar-refractivity contribution in [2.24, 2.45) is 0 Å². The second-order valence-corrected chi connectivity index (χ2v) is 7.87. The fraction of sp³-hybridized carbons (Fsp3) is 0.381. The van der Waals surface area contributed by atoms with Gasteiger partial charge in [0.25, 0.3) is 0 Å². The van der Waals surface area contributed by atoms with Crippen LogP contribution in [0.1, 0.15) is 62.0 Å². The van der Waals surface area contributed by atoms with Crippen LogP contribution in [0.5, 0.6) is 0 Å². The summed E-state index contributed by atoms with van der Waals surface area (Å²) in [5, 5.41) is 11.8. The minimum atomic E-state index is -1.08. The molecule has 23 heavy (non-hydrogen) atoms. The van der Waals surface area contributed by atoms with Gasteiger partial charge in [0.05, 0.1) is 5.97 Å².